The van der Waals surface area contributed by atoms with E-state index in [1.165, 1.54) is 5.56 Å². The zero-order valence-electron chi connectivity index (χ0n) is 14.1. The Kier molecular flexibility index (Phi) is 4.66. The van der Waals surface area contributed by atoms with Crippen molar-refractivity contribution in [2.24, 2.45) is 0 Å². The molecule has 3 N–H and O–H groups in total. The average molecular weight is 333 g/mol. The number of anilines is 2. The second-order valence-electron chi connectivity index (χ2n) is 5.78. The van der Waals surface area contributed by atoms with E-state index in [0.717, 1.165) is 11.4 Å². The van der Waals surface area contributed by atoms with Crippen LogP contribution in [0.5, 0.6) is 11.5 Å². The molecular weight excluding hydrogens is 314 g/mol. The van der Waals surface area contributed by atoms with Crippen LogP contribution in [0.1, 0.15) is 21.6 Å². The summed E-state index contributed by atoms with van der Waals surface area (Å²) in [6.07, 6.45) is 0. The van der Waals surface area contributed by atoms with Crippen LogP contribution in [0, 0.1) is 13.8 Å². The summed E-state index contributed by atoms with van der Waals surface area (Å²) in [6, 6.07) is 18.4. The van der Waals surface area contributed by atoms with Crippen molar-refractivity contribution in [3.8, 4) is 11.5 Å². The van der Waals surface area contributed by atoms with Crippen molar-refractivity contribution >= 4 is 17.4 Å². The minimum absolute atomic E-state index is 0.219. The number of hydrogen-bond acceptors (Lipinski definition) is 4. The van der Waals surface area contributed by atoms with Crippen LogP contribution in [0.15, 0.2) is 60.7 Å². The number of aromatic nitrogens is 1. The van der Waals surface area contributed by atoms with Crippen LogP contribution in [0.3, 0.4) is 0 Å². The van der Waals surface area contributed by atoms with E-state index in [4.69, 9.17) is 10.5 Å². The minimum Gasteiger partial charge on any atom is -0.457 e. The molecule has 25 heavy (non-hydrogen) atoms. The Morgan fingerprint density at radius 3 is 2.12 bits per heavy atom. The molecule has 0 atom stereocenters. The molecule has 0 fully saturated rings. The summed E-state index contributed by atoms with van der Waals surface area (Å²) in [5, 5.41) is 2.80. The van der Waals surface area contributed by atoms with Gasteiger partial charge in [0.15, 0.2) is 0 Å². The molecule has 0 radical (unpaired) electrons. The molecule has 1 heterocycles. The van der Waals surface area contributed by atoms with E-state index in [9.17, 15) is 4.79 Å². The van der Waals surface area contributed by atoms with Gasteiger partial charge in [-0.1, -0.05) is 17.7 Å². The van der Waals surface area contributed by atoms with Gasteiger partial charge in [0.25, 0.3) is 5.91 Å². The number of nitrogens with one attached hydrogen (secondary N) is 1. The third-order valence-electron chi connectivity index (χ3n) is 3.68. The van der Waals surface area contributed by atoms with E-state index >= 15 is 0 Å². The molecule has 1 aromatic heterocycles. The third kappa shape index (κ3) is 4.14. The van der Waals surface area contributed by atoms with Crippen molar-refractivity contribution in [2.45, 2.75) is 13.8 Å². The maximum atomic E-state index is 12.3. The number of ether oxygens (including phenoxy) is 1. The summed E-state index contributed by atoms with van der Waals surface area (Å²) in [5.41, 5.74) is 8.76. The molecular formula is C20H19N3O2. The lowest BCUT2D eigenvalue weighted by molar-refractivity contribution is 0.102. The van der Waals surface area contributed by atoms with Crippen molar-refractivity contribution in [3.05, 3.63) is 77.5 Å². The lowest BCUT2D eigenvalue weighted by Gasteiger charge is -2.09. The van der Waals surface area contributed by atoms with Crippen LogP contribution in [0.2, 0.25) is 0 Å². The standard InChI is InChI=1S/C20H19N3O2/c1-13-3-8-16(9-4-13)25-17-10-6-15(7-11-17)23-20(24)18-12-5-14(2)22-19(18)21/h3-12H,1-2H3,(H2,21,22)(H,23,24). The van der Waals surface area contributed by atoms with Gasteiger partial charge in [0, 0.05) is 11.4 Å². The zero-order valence-corrected chi connectivity index (χ0v) is 14.1. The van der Waals surface area contributed by atoms with Crippen LogP contribution < -0.4 is 15.8 Å². The summed E-state index contributed by atoms with van der Waals surface area (Å²) >= 11 is 0. The lowest BCUT2D eigenvalue weighted by Crippen LogP contribution is -2.15. The first-order valence-corrected chi connectivity index (χ1v) is 7.90. The SMILES string of the molecule is Cc1ccc(Oc2ccc(NC(=O)c3ccc(C)nc3N)cc2)cc1. The quantitative estimate of drug-likeness (QED) is 0.745. The number of rotatable bonds is 4. The smallest absolute Gasteiger partial charge is 0.259 e. The molecule has 0 aliphatic heterocycles. The van der Waals surface area contributed by atoms with Crippen molar-refractivity contribution in [1.29, 1.82) is 0 Å². The molecule has 0 unspecified atom stereocenters. The van der Waals surface area contributed by atoms with E-state index in [2.05, 4.69) is 10.3 Å². The zero-order chi connectivity index (χ0) is 17.8. The van der Waals surface area contributed by atoms with E-state index in [0.29, 0.717) is 17.0 Å². The van der Waals surface area contributed by atoms with Crippen molar-refractivity contribution in [1.82, 2.24) is 4.98 Å². The molecule has 0 saturated carbocycles. The minimum atomic E-state index is -0.294. The highest BCUT2D eigenvalue weighted by Gasteiger charge is 2.11. The second kappa shape index (κ2) is 7.05. The van der Waals surface area contributed by atoms with Crippen LogP contribution >= 0.6 is 0 Å². The fourth-order valence-electron chi connectivity index (χ4n) is 2.32. The number of nitrogens with zero attached hydrogens (tertiary/aromatic N) is 1. The highest BCUT2D eigenvalue weighted by atomic mass is 16.5. The first kappa shape index (κ1) is 16.5. The van der Waals surface area contributed by atoms with Crippen molar-refractivity contribution < 1.29 is 9.53 Å². The van der Waals surface area contributed by atoms with Crippen LogP contribution in [-0.2, 0) is 0 Å². The molecule has 3 aromatic rings. The number of pyridine rings is 1. The number of nitrogens with two attached hydrogens (primary N) is 1. The van der Waals surface area contributed by atoms with Crippen LogP contribution in [0.4, 0.5) is 11.5 Å². The predicted octanol–water partition coefficient (Wildman–Crippen LogP) is 4.33. The summed E-state index contributed by atoms with van der Waals surface area (Å²) in [4.78, 5) is 16.4. The van der Waals surface area contributed by atoms with Gasteiger partial charge in [-0.05, 0) is 62.4 Å². The van der Waals surface area contributed by atoms with Crippen LogP contribution in [0.25, 0.3) is 0 Å². The molecule has 3 rings (SSSR count). The third-order valence-corrected chi connectivity index (χ3v) is 3.68. The molecule has 0 spiro atoms. The number of aryl methyl sites for hydroxylation is 2. The van der Waals surface area contributed by atoms with E-state index in [1.54, 1.807) is 36.4 Å². The summed E-state index contributed by atoms with van der Waals surface area (Å²) in [7, 11) is 0. The Labute approximate surface area is 146 Å². The molecule has 126 valence electrons. The van der Waals surface area contributed by atoms with Gasteiger partial charge in [0.1, 0.15) is 17.3 Å². The van der Waals surface area contributed by atoms with Gasteiger partial charge < -0.3 is 15.8 Å². The molecule has 2 aromatic carbocycles. The van der Waals surface area contributed by atoms with Crippen LogP contribution in [-0.4, -0.2) is 10.9 Å². The second-order valence-corrected chi connectivity index (χ2v) is 5.78. The summed E-state index contributed by atoms with van der Waals surface area (Å²) in [6.45, 7) is 3.85. The van der Waals surface area contributed by atoms with Gasteiger partial charge in [-0.15, -0.1) is 0 Å². The number of amides is 1. The van der Waals surface area contributed by atoms with Gasteiger partial charge in [-0.25, -0.2) is 4.98 Å². The van der Waals surface area contributed by atoms with Gasteiger partial charge in [0.2, 0.25) is 0 Å². The molecule has 0 bridgehead atoms. The Morgan fingerprint density at radius 1 is 0.920 bits per heavy atom. The van der Waals surface area contributed by atoms with Gasteiger partial charge in [-0.3, -0.25) is 4.79 Å². The number of carbonyl (C=O) groups excluding carboxylic acids is 1. The Morgan fingerprint density at radius 2 is 1.52 bits per heavy atom. The van der Waals surface area contributed by atoms with E-state index in [1.807, 2.05) is 38.1 Å². The number of hydrogen-bond donors (Lipinski definition) is 2. The summed E-state index contributed by atoms with van der Waals surface area (Å²) < 4.78 is 5.77. The first-order valence-electron chi connectivity index (χ1n) is 7.90. The van der Waals surface area contributed by atoms with Crippen molar-refractivity contribution in [2.75, 3.05) is 11.1 Å². The maximum absolute atomic E-state index is 12.3. The molecule has 1 amide bonds. The molecule has 0 aliphatic carbocycles. The largest absolute Gasteiger partial charge is 0.457 e. The fourth-order valence-corrected chi connectivity index (χ4v) is 2.32. The Bertz CT molecular complexity index is 888. The normalized spacial score (nSPS) is 10.3. The molecule has 0 aliphatic rings. The number of benzene rings is 2. The average Bonchev–Trinajstić information content (AvgIpc) is 2.58. The summed E-state index contributed by atoms with van der Waals surface area (Å²) in [5.74, 6) is 1.38. The Balaban J connectivity index is 1.67. The molecule has 5 heteroatoms. The van der Waals surface area contributed by atoms with E-state index < -0.39 is 0 Å². The first-order chi connectivity index (χ1) is 12.0. The Hall–Kier alpha value is -3.34. The van der Waals surface area contributed by atoms with Crippen molar-refractivity contribution in [3.63, 3.8) is 0 Å². The lowest BCUT2D eigenvalue weighted by atomic mass is 10.2. The topological polar surface area (TPSA) is 77.2 Å². The molecule has 5 nitrogen and oxygen atoms in total. The monoisotopic (exact) mass is 333 g/mol. The molecule has 0 saturated heterocycles. The maximum Gasteiger partial charge on any atom is 0.259 e. The highest BCUT2D eigenvalue weighted by Crippen LogP contribution is 2.23. The predicted molar refractivity (Wildman–Crippen MR) is 99.0 cm³/mol. The van der Waals surface area contributed by atoms with E-state index in [-0.39, 0.29) is 11.7 Å². The fraction of sp³-hybridized carbons (Fsp3) is 0.100. The van der Waals surface area contributed by atoms with Gasteiger partial charge in [0.05, 0.1) is 5.56 Å². The highest BCUT2D eigenvalue weighted by molar-refractivity contribution is 6.07. The number of nitrogen functional groups attached to an aromatic ring is 1. The van der Waals surface area contributed by atoms with Gasteiger partial charge >= 0.3 is 0 Å². The number of carbonyl (C=O) groups is 1. The van der Waals surface area contributed by atoms with Gasteiger partial charge in [-0.2, -0.15) is 0 Å².